The Hall–Kier alpha value is -1.85. The number of carbonyl (C=O) groups excluding carboxylic acids is 1. The quantitative estimate of drug-likeness (QED) is 0.790. The number of hydrogen-bond acceptors (Lipinski definition) is 3. The first-order chi connectivity index (χ1) is 8.06. The second-order valence-electron chi connectivity index (χ2n) is 4.34. The molecule has 1 amide bonds. The predicted molar refractivity (Wildman–Crippen MR) is 59.7 cm³/mol. The van der Waals surface area contributed by atoms with E-state index in [-0.39, 0.29) is 11.6 Å². The summed E-state index contributed by atoms with van der Waals surface area (Å²) in [5.41, 5.74) is 0.0974. The van der Waals surface area contributed by atoms with Gasteiger partial charge in [-0.2, -0.15) is 0 Å². The number of aromatic nitrogens is 2. The second kappa shape index (κ2) is 4.57. The van der Waals surface area contributed by atoms with Crippen molar-refractivity contribution in [2.24, 2.45) is 5.92 Å². The van der Waals surface area contributed by atoms with Gasteiger partial charge in [0, 0.05) is 32.6 Å². The molecule has 1 atom stereocenters. The molecule has 1 aromatic heterocycles. The van der Waals surface area contributed by atoms with E-state index in [0.717, 1.165) is 25.2 Å². The molecular weight excluding hydrogens is 222 g/mol. The molecule has 1 aromatic rings. The Bertz CT molecular complexity index is 453. The first-order valence-corrected chi connectivity index (χ1v) is 5.60. The summed E-state index contributed by atoms with van der Waals surface area (Å²) >= 11 is 0. The SMILES string of the molecule is CC(=O)NCC1CCc2nc(C(=O)O)cn2C1. The normalized spacial score (nSPS) is 18.5. The van der Waals surface area contributed by atoms with E-state index in [9.17, 15) is 9.59 Å². The highest BCUT2D eigenvalue weighted by Crippen LogP contribution is 2.19. The van der Waals surface area contributed by atoms with Crippen LogP contribution in [0.25, 0.3) is 0 Å². The molecule has 0 aliphatic carbocycles. The maximum absolute atomic E-state index is 10.8. The van der Waals surface area contributed by atoms with Crippen LogP contribution < -0.4 is 5.32 Å². The summed E-state index contributed by atoms with van der Waals surface area (Å²) in [6.45, 7) is 2.85. The first kappa shape index (κ1) is 11.6. The molecular formula is C11H15N3O3. The molecule has 1 unspecified atom stereocenters. The molecule has 0 radical (unpaired) electrons. The molecule has 92 valence electrons. The van der Waals surface area contributed by atoms with Gasteiger partial charge in [0.1, 0.15) is 5.82 Å². The summed E-state index contributed by atoms with van der Waals surface area (Å²) < 4.78 is 1.87. The van der Waals surface area contributed by atoms with Crippen LogP contribution in [0.5, 0.6) is 0 Å². The van der Waals surface area contributed by atoms with Crippen LogP contribution in [-0.2, 0) is 17.8 Å². The van der Waals surface area contributed by atoms with Gasteiger partial charge >= 0.3 is 5.97 Å². The molecule has 1 aliphatic rings. The van der Waals surface area contributed by atoms with Crippen LogP contribution in [0.2, 0.25) is 0 Å². The van der Waals surface area contributed by atoms with Gasteiger partial charge < -0.3 is 15.0 Å². The lowest BCUT2D eigenvalue weighted by Gasteiger charge is -2.23. The lowest BCUT2D eigenvalue weighted by atomic mass is 9.99. The van der Waals surface area contributed by atoms with Crippen LogP contribution in [0, 0.1) is 5.92 Å². The van der Waals surface area contributed by atoms with E-state index < -0.39 is 5.97 Å². The van der Waals surface area contributed by atoms with Gasteiger partial charge in [-0.25, -0.2) is 9.78 Å². The zero-order chi connectivity index (χ0) is 12.4. The molecule has 0 fully saturated rings. The number of nitrogens with one attached hydrogen (secondary N) is 1. The van der Waals surface area contributed by atoms with Crippen molar-refractivity contribution < 1.29 is 14.7 Å². The van der Waals surface area contributed by atoms with Gasteiger partial charge in [0.15, 0.2) is 5.69 Å². The Morgan fingerprint density at radius 2 is 2.41 bits per heavy atom. The van der Waals surface area contributed by atoms with Gasteiger partial charge in [-0.15, -0.1) is 0 Å². The molecule has 0 saturated heterocycles. The number of nitrogens with zero attached hydrogens (tertiary/aromatic N) is 2. The van der Waals surface area contributed by atoms with Crippen LogP contribution in [-0.4, -0.2) is 33.1 Å². The topological polar surface area (TPSA) is 84.2 Å². The Balaban J connectivity index is 2.03. The van der Waals surface area contributed by atoms with Gasteiger partial charge in [-0.1, -0.05) is 0 Å². The van der Waals surface area contributed by atoms with Crippen LogP contribution >= 0.6 is 0 Å². The van der Waals surface area contributed by atoms with Gasteiger partial charge in [0.05, 0.1) is 0 Å². The zero-order valence-corrected chi connectivity index (χ0v) is 9.64. The van der Waals surface area contributed by atoms with Crippen molar-refractivity contribution in [1.82, 2.24) is 14.9 Å². The number of aromatic carboxylic acids is 1. The largest absolute Gasteiger partial charge is 0.476 e. The summed E-state index contributed by atoms with van der Waals surface area (Å²) in [5, 5.41) is 11.6. The third-order valence-corrected chi connectivity index (χ3v) is 2.95. The lowest BCUT2D eigenvalue weighted by molar-refractivity contribution is -0.119. The first-order valence-electron chi connectivity index (χ1n) is 5.60. The molecule has 6 nitrogen and oxygen atoms in total. The van der Waals surface area contributed by atoms with E-state index in [1.54, 1.807) is 6.20 Å². The Morgan fingerprint density at radius 1 is 1.65 bits per heavy atom. The fourth-order valence-electron chi connectivity index (χ4n) is 2.07. The molecule has 2 rings (SSSR count). The van der Waals surface area contributed by atoms with Crippen molar-refractivity contribution in [3.05, 3.63) is 17.7 Å². The maximum Gasteiger partial charge on any atom is 0.356 e. The molecule has 0 spiro atoms. The number of aryl methyl sites for hydroxylation is 1. The van der Waals surface area contributed by atoms with E-state index in [1.165, 1.54) is 6.92 Å². The standard InChI is InChI=1S/C11H15N3O3/c1-7(15)12-4-8-2-3-10-13-9(11(16)17)6-14(10)5-8/h6,8H,2-5H2,1H3,(H,12,15)(H,16,17). The number of fused-ring (bicyclic) bond motifs is 1. The highest BCUT2D eigenvalue weighted by molar-refractivity contribution is 5.85. The van der Waals surface area contributed by atoms with E-state index in [2.05, 4.69) is 10.3 Å². The number of amides is 1. The van der Waals surface area contributed by atoms with Gasteiger partial charge in [-0.05, 0) is 12.3 Å². The summed E-state index contributed by atoms with van der Waals surface area (Å²) in [5.74, 6) is 0.140. The third-order valence-electron chi connectivity index (χ3n) is 2.95. The number of hydrogen-bond donors (Lipinski definition) is 2. The maximum atomic E-state index is 10.8. The van der Waals surface area contributed by atoms with Crippen molar-refractivity contribution in [2.75, 3.05) is 6.54 Å². The predicted octanol–water partition coefficient (Wildman–Crippen LogP) is 0.280. The number of rotatable bonds is 3. The Labute approximate surface area is 98.7 Å². The average molecular weight is 237 g/mol. The zero-order valence-electron chi connectivity index (χ0n) is 9.64. The fourth-order valence-corrected chi connectivity index (χ4v) is 2.07. The highest BCUT2D eigenvalue weighted by atomic mass is 16.4. The van der Waals surface area contributed by atoms with Crippen LogP contribution in [0.1, 0.15) is 29.7 Å². The van der Waals surface area contributed by atoms with E-state index in [0.29, 0.717) is 12.5 Å². The number of carboxylic acid groups (broad SMARTS) is 1. The van der Waals surface area contributed by atoms with Crippen molar-refractivity contribution in [1.29, 1.82) is 0 Å². The van der Waals surface area contributed by atoms with E-state index in [4.69, 9.17) is 5.11 Å². The number of carbonyl (C=O) groups is 2. The number of carboxylic acids is 1. The molecule has 0 bridgehead atoms. The van der Waals surface area contributed by atoms with E-state index in [1.807, 2.05) is 4.57 Å². The van der Waals surface area contributed by atoms with Crippen molar-refractivity contribution in [3.8, 4) is 0 Å². The van der Waals surface area contributed by atoms with Crippen LogP contribution in [0.4, 0.5) is 0 Å². The molecule has 17 heavy (non-hydrogen) atoms. The van der Waals surface area contributed by atoms with Gasteiger partial charge in [0.2, 0.25) is 5.91 Å². The Morgan fingerprint density at radius 3 is 3.06 bits per heavy atom. The summed E-state index contributed by atoms with van der Waals surface area (Å²) in [6.07, 6.45) is 3.26. The van der Waals surface area contributed by atoms with Gasteiger partial charge in [0.25, 0.3) is 0 Å². The molecule has 2 heterocycles. The monoisotopic (exact) mass is 237 g/mol. The molecule has 2 N–H and O–H groups in total. The van der Waals surface area contributed by atoms with Crippen LogP contribution in [0.15, 0.2) is 6.20 Å². The van der Waals surface area contributed by atoms with Crippen molar-refractivity contribution in [2.45, 2.75) is 26.3 Å². The Kier molecular flexibility index (Phi) is 3.12. The highest BCUT2D eigenvalue weighted by Gasteiger charge is 2.22. The minimum atomic E-state index is -0.995. The van der Waals surface area contributed by atoms with E-state index >= 15 is 0 Å². The molecule has 0 aromatic carbocycles. The molecule has 6 heteroatoms. The van der Waals surface area contributed by atoms with Crippen LogP contribution in [0.3, 0.4) is 0 Å². The second-order valence-corrected chi connectivity index (χ2v) is 4.34. The average Bonchev–Trinajstić information content (AvgIpc) is 2.69. The minimum Gasteiger partial charge on any atom is -0.476 e. The minimum absolute atomic E-state index is 0.0346. The summed E-state index contributed by atoms with van der Waals surface area (Å²) in [4.78, 5) is 25.7. The third kappa shape index (κ3) is 2.64. The van der Waals surface area contributed by atoms with Gasteiger partial charge in [-0.3, -0.25) is 4.79 Å². The summed E-state index contributed by atoms with van der Waals surface area (Å²) in [7, 11) is 0. The van der Waals surface area contributed by atoms with Crippen molar-refractivity contribution >= 4 is 11.9 Å². The number of imidazole rings is 1. The lowest BCUT2D eigenvalue weighted by Crippen LogP contribution is -2.32. The smallest absolute Gasteiger partial charge is 0.356 e. The summed E-state index contributed by atoms with van der Waals surface area (Å²) in [6, 6.07) is 0. The van der Waals surface area contributed by atoms with Crippen molar-refractivity contribution in [3.63, 3.8) is 0 Å². The fraction of sp³-hybridized carbons (Fsp3) is 0.545. The molecule has 1 aliphatic heterocycles. The molecule has 0 saturated carbocycles.